The second kappa shape index (κ2) is 7.99. The minimum atomic E-state index is -0.0698. The van der Waals surface area contributed by atoms with Gasteiger partial charge in [-0.3, -0.25) is 4.79 Å². The molecular formula is C24H25N5O. The number of carbonyl (C=O) groups excluding carboxylic acids is 1. The van der Waals surface area contributed by atoms with Crippen LogP contribution >= 0.6 is 0 Å². The van der Waals surface area contributed by atoms with Gasteiger partial charge < -0.3 is 4.90 Å². The lowest BCUT2D eigenvalue weighted by atomic mass is 10.1. The summed E-state index contributed by atoms with van der Waals surface area (Å²) in [5.41, 5.74) is 6.73. The van der Waals surface area contributed by atoms with Crippen molar-refractivity contribution in [2.75, 3.05) is 7.05 Å². The van der Waals surface area contributed by atoms with Crippen molar-refractivity contribution in [1.29, 1.82) is 0 Å². The number of nitrogens with zero attached hydrogens (tertiary/aromatic N) is 5. The minimum absolute atomic E-state index is 0.0698. The molecule has 0 aliphatic heterocycles. The number of hydrogen-bond donors (Lipinski definition) is 0. The third-order valence-corrected chi connectivity index (χ3v) is 5.38. The average Bonchev–Trinajstić information content (AvgIpc) is 3.35. The van der Waals surface area contributed by atoms with E-state index in [0.717, 1.165) is 33.9 Å². The van der Waals surface area contributed by atoms with Gasteiger partial charge in [0.2, 0.25) is 0 Å². The molecule has 30 heavy (non-hydrogen) atoms. The number of aryl methyl sites for hydroxylation is 2. The van der Waals surface area contributed by atoms with Crippen LogP contribution in [0.2, 0.25) is 0 Å². The van der Waals surface area contributed by atoms with E-state index < -0.39 is 0 Å². The average molecular weight is 399 g/mol. The first kappa shape index (κ1) is 19.6. The topological polar surface area (TPSA) is 56.0 Å². The number of carbonyl (C=O) groups is 1. The molecule has 4 rings (SSSR count). The molecule has 6 nitrogen and oxygen atoms in total. The van der Waals surface area contributed by atoms with Crippen molar-refractivity contribution in [3.05, 3.63) is 95.1 Å². The number of para-hydroxylation sites is 2. The highest BCUT2D eigenvalue weighted by molar-refractivity contribution is 5.93. The molecular weight excluding hydrogens is 374 g/mol. The van der Waals surface area contributed by atoms with Crippen molar-refractivity contribution in [2.45, 2.75) is 27.3 Å². The summed E-state index contributed by atoms with van der Waals surface area (Å²) in [7, 11) is 1.81. The molecule has 2 heterocycles. The van der Waals surface area contributed by atoms with Crippen molar-refractivity contribution in [2.24, 2.45) is 0 Å². The standard InChI is InChI=1S/C24H25N5O/c1-17-10-8-9-13-23(17)29-19(3)22(18(2)26-29)16-27(4)24(30)20-14-25-28(15-20)21-11-6-5-7-12-21/h5-15H,16H2,1-4H3. The van der Waals surface area contributed by atoms with E-state index in [1.807, 2.05) is 68.0 Å². The number of aromatic nitrogens is 4. The normalized spacial score (nSPS) is 10.9. The fraction of sp³-hybridized carbons (Fsp3) is 0.208. The van der Waals surface area contributed by atoms with Gasteiger partial charge in [-0.2, -0.15) is 10.2 Å². The van der Waals surface area contributed by atoms with Gasteiger partial charge in [-0.1, -0.05) is 36.4 Å². The zero-order chi connectivity index (χ0) is 21.3. The van der Waals surface area contributed by atoms with Crippen LogP contribution in [-0.4, -0.2) is 37.4 Å². The van der Waals surface area contributed by atoms with E-state index in [1.54, 1.807) is 22.0 Å². The molecule has 0 aliphatic carbocycles. The number of rotatable bonds is 5. The zero-order valence-corrected chi connectivity index (χ0v) is 17.7. The molecule has 0 spiro atoms. The molecule has 0 radical (unpaired) electrons. The predicted molar refractivity (Wildman–Crippen MR) is 117 cm³/mol. The van der Waals surface area contributed by atoms with Gasteiger partial charge in [0.1, 0.15) is 0 Å². The molecule has 0 atom stereocenters. The molecule has 0 aliphatic rings. The van der Waals surface area contributed by atoms with Gasteiger partial charge in [0.05, 0.1) is 28.8 Å². The Hall–Kier alpha value is -3.67. The molecule has 6 heteroatoms. The number of amides is 1. The Morgan fingerprint density at radius 1 is 1.00 bits per heavy atom. The van der Waals surface area contributed by atoms with Gasteiger partial charge in [0.25, 0.3) is 5.91 Å². The maximum atomic E-state index is 13.0. The summed E-state index contributed by atoms with van der Waals surface area (Å²) in [4.78, 5) is 14.7. The lowest BCUT2D eigenvalue weighted by Crippen LogP contribution is -2.26. The van der Waals surface area contributed by atoms with Crippen molar-refractivity contribution < 1.29 is 4.79 Å². The molecule has 0 N–H and O–H groups in total. The smallest absolute Gasteiger partial charge is 0.257 e. The van der Waals surface area contributed by atoms with E-state index in [0.29, 0.717) is 12.1 Å². The SMILES string of the molecule is Cc1ccccc1-n1nc(C)c(CN(C)C(=O)c2cnn(-c3ccccc3)c2)c1C. The zero-order valence-electron chi connectivity index (χ0n) is 17.7. The molecule has 2 aromatic heterocycles. The Bertz CT molecular complexity index is 1190. The number of benzene rings is 2. The Morgan fingerprint density at radius 2 is 1.70 bits per heavy atom. The van der Waals surface area contributed by atoms with Gasteiger partial charge in [-0.05, 0) is 44.5 Å². The van der Waals surface area contributed by atoms with Gasteiger partial charge in [0, 0.05) is 31.0 Å². The van der Waals surface area contributed by atoms with Crippen LogP contribution in [0.25, 0.3) is 11.4 Å². The first-order valence-electron chi connectivity index (χ1n) is 9.92. The maximum Gasteiger partial charge on any atom is 0.257 e. The lowest BCUT2D eigenvalue weighted by Gasteiger charge is -2.17. The summed E-state index contributed by atoms with van der Waals surface area (Å²) in [6.45, 7) is 6.60. The van der Waals surface area contributed by atoms with Gasteiger partial charge in [-0.15, -0.1) is 0 Å². The summed E-state index contributed by atoms with van der Waals surface area (Å²) in [5, 5.41) is 9.07. The molecule has 0 bridgehead atoms. The Morgan fingerprint density at radius 3 is 2.43 bits per heavy atom. The predicted octanol–water partition coefficient (Wildman–Crippen LogP) is 4.26. The van der Waals surface area contributed by atoms with Gasteiger partial charge in [0.15, 0.2) is 0 Å². The van der Waals surface area contributed by atoms with Gasteiger partial charge in [-0.25, -0.2) is 9.36 Å². The fourth-order valence-corrected chi connectivity index (χ4v) is 3.62. The van der Waals surface area contributed by atoms with Crippen molar-refractivity contribution in [3.8, 4) is 11.4 Å². The number of hydrogen-bond acceptors (Lipinski definition) is 3. The van der Waals surface area contributed by atoms with Crippen LogP contribution < -0.4 is 0 Å². The van der Waals surface area contributed by atoms with Crippen LogP contribution in [0.15, 0.2) is 67.0 Å². The van der Waals surface area contributed by atoms with Crippen molar-refractivity contribution in [1.82, 2.24) is 24.5 Å². The van der Waals surface area contributed by atoms with Crippen LogP contribution in [0, 0.1) is 20.8 Å². The van der Waals surface area contributed by atoms with E-state index >= 15 is 0 Å². The molecule has 0 unspecified atom stereocenters. The highest BCUT2D eigenvalue weighted by atomic mass is 16.2. The van der Waals surface area contributed by atoms with E-state index in [9.17, 15) is 4.79 Å². The Balaban J connectivity index is 1.56. The summed E-state index contributed by atoms with van der Waals surface area (Å²) >= 11 is 0. The molecule has 4 aromatic rings. The van der Waals surface area contributed by atoms with Crippen LogP contribution in [0.3, 0.4) is 0 Å². The maximum absolute atomic E-state index is 13.0. The first-order chi connectivity index (χ1) is 14.5. The first-order valence-corrected chi connectivity index (χ1v) is 9.92. The molecule has 2 aromatic carbocycles. The lowest BCUT2D eigenvalue weighted by molar-refractivity contribution is 0.0784. The molecule has 1 amide bonds. The Kier molecular flexibility index (Phi) is 5.23. The van der Waals surface area contributed by atoms with E-state index in [1.165, 1.54) is 0 Å². The van der Waals surface area contributed by atoms with E-state index in [4.69, 9.17) is 5.10 Å². The monoisotopic (exact) mass is 399 g/mol. The second-order valence-corrected chi connectivity index (χ2v) is 7.52. The third-order valence-electron chi connectivity index (χ3n) is 5.38. The largest absolute Gasteiger partial charge is 0.337 e. The van der Waals surface area contributed by atoms with Crippen LogP contribution in [0.1, 0.15) is 32.9 Å². The van der Waals surface area contributed by atoms with Crippen LogP contribution in [-0.2, 0) is 6.54 Å². The van der Waals surface area contributed by atoms with E-state index in [-0.39, 0.29) is 5.91 Å². The summed E-state index contributed by atoms with van der Waals surface area (Å²) in [6, 6.07) is 17.9. The quantitative estimate of drug-likeness (QED) is 0.504. The van der Waals surface area contributed by atoms with Gasteiger partial charge >= 0.3 is 0 Å². The molecule has 0 fully saturated rings. The van der Waals surface area contributed by atoms with Crippen molar-refractivity contribution >= 4 is 5.91 Å². The van der Waals surface area contributed by atoms with E-state index in [2.05, 4.69) is 24.2 Å². The Labute approximate surface area is 176 Å². The summed E-state index contributed by atoms with van der Waals surface area (Å²) < 4.78 is 3.68. The highest BCUT2D eigenvalue weighted by Gasteiger charge is 2.20. The fourth-order valence-electron chi connectivity index (χ4n) is 3.62. The second-order valence-electron chi connectivity index (χ2n) is 7.52. The molecule has 0 saturated heterocycles. The van der Waals surface area contributed by atoms with Crippen molar-refractivity contribution in [3.63, 3.8) is 0 Å². The summed E-state index contributed by atoms with van der Waals surface area (Å²) in [5.74, 6) is -0.0698. The highest BCUT2D eigenvalue weighted by Crippen LogP contribution is 2.22. The molecule has 152 valence electrons. The van der Waals surface area contributed by atoms with Crippen LogP contribution in [0.5, 0.6) is 0 Å². The van der Waals surface area contributed by atoms with Crippen LogP contribution in [0.4, 0.5) is 0 Å². The molecule has 0 saturated carbocycles. The minimum Gasteiger partial charge on any atom is -0.337 e. The third kappa shape index (κ3) is 3.64. The summed E-state index contributed by atoms with van der Waals surface area (Å²) in [6.07, 6.45) is 3.38.